The number of amides is 1. The Labute approximate surface area is 221 Å². The zero-order chi connectivity index (χ0) is 26.5. The lowest BCUT2D eigenvalue weighted by Crippen LogP contribution is -2.39. The molecule has 1 amide bonds. The van der Waals surface area contributed by atoms with Gasteiger partial charge < -0.3 is 10.6 Å². The van der Waals surface area contributed by atoms with Gasteiger partial charge in [-0.3, -0.25) is 14.7 Å². The van der Waals surface area contributed by atoms with Gasteiger partial charge in [0.25, 0.3) is 5.91 Å². The lowest BCUT2D eigenvalue weighted by Gasteiger charge is -2.26. The van der Waals surface area contributed by atoms with Gasteiger partial charge in [-0.25, -0.2) is 18.4 Å². The fourth-order valence-corrected chi connectivity index (χ4v) is 5.46. The summed E-state index contributed by atoms with van der Waals surface area (Å²) in [6, 6.07) is 18.6. The summed E-state index contributed by atoms with van der Waals surface area (Å²) in [5.41, 5.74) is 5.63. The van der Waals surface area contributed by atoms with Crippen molar-refractivity contribution in [2.24, 2.45) is 0 Å². The Morgan fingerprint density at radius 1 is 1.00 bits per heavy atom. The van der Waals surface area contributed by atoms with Crippen molar-refractivity contribution in [3.63, 3.8) is 0 Å². The molecule has 4 aromatic rings. The van der Waals surface area contributed by atoms with Crippen molar-refractivity contribution >= 4 is 33.1 Å². The van der Waals surface area contributed by atoms with Gasteiger partial charge in [0.1, 0.15) is 0 Å². The van der Waals surface area contributed by atoms with Crippen LogP contribution in [0.25, 0.3) is 11.3 Å². The largest absolute Gasteiger partial charge is 0.324 e. The normalized spacial score (nSPS) is 15.1. The van der Waals surface area contributed by atoms with Gasteiger partial charge in [-0.2, -0.15) is 0 Å². The molecule has 1 aliphatic rings. The molecule has 2 aromatic carbocycles. The van der Waals surface area contributed by atoms with E-state index in [2.05, 4.69) is 30.5 Å². The van der Waals surface area contributed by atoms with Crippen LogP contribution in [-0.2, 0) is 16.4 Å². The minimum Gasteiger partial charge on any atom is -0.324 e. The van der Waals surface area contributed by atoms with E-state index in [1.807, 2.05) is 55.5 Å². The Kier molecular flexibility index (Phi) is 7.43. The molecule has 1 aliphatic heterocycles. The molecule has 1 saturated heterocycles. The van der Waals surface area contributed by atoms with E-state index in [-0.39, 0.29) is 17.4 Å². The molecule has 10 heteroatoms. The molecule has 0 aliphatic carbocycles. The number of carbonyl (C=O) groups is 1. The van der Waals surface area contributed by atoms with Crippen molar-refractivity contribution in [2.75, 3.05) is 35.2 Å². The molecule has 0 radical (unpaired) electrons. The van der Waals surface area contributed by atoms with Gasteiger partial charge in [0.15, 0.2) is 9.84 Å². The van der Waals surface area contributed by atoms with Crippen molar-refractivity contribution in [2.45, 2.75) is 13.5 Å². The van der Waals surface area contributed by atoms with E-state index >= 15 is 0 Å². The summed E-state index contributed by atoms with van der Waals surface area (Å²) in [6.07, 6.45) is 5.16. The van der Waals surface area contributed by atoms with Crippen LogP contribution in [0, 0.1) is 6.92 Å². The summed E-state index contributed by atoms with van der Waals surface area (Å²) in [5, 5.41) is 6.20. The summed E-state index contributed by atoms with van der Waals surface area (Å²) in [6.45, 7) is 3.70. The van der Waals surface area contributed by atoms with Gasteiger partial charge in [-0.15, -0.1) is 0 Å². The summed E-state index contributed by atoms with van der Waals surface area (Å²) >= 11 is 0. The smallest absolute Gasteiger partial charge is 0.255 e. The van der Waals surface area contributed by atoms with Crippen molar-refractivity contribution < 1.29 is 13.2 Å². The van der Waals surface area contributed by atoms with Crippen LogP contribution in [0.1, 0.15) is 21.5 Å². The first kappa shape index (κ1) is 25.5. The number of nitrogens with one attached hydrogen (secondary N) is 2. The summed E-state index contributed by atoms with van der Waals surface area (Å²) < 4.78 is 23.3. The van der Waals surface area contributed by atoms with E-state index in [1.165, 1.54) is 0 Å². The highest BCUT2D eigenvalue weighted by molar-refractivity contribution is 7.91. The molecule has 0 atom stereocenters. The van der Waals surface area contributed by atoms with Crippen LogP contribution in [0.15, 0.2) is 79.3 Å². The number of sulfone groups is 1. The molecule has 2 aromatic heterocycles. The first-order chi connectivity index (χ1) is 18.3. The first-order valence-corrected chi connectivity index (χ1v) is 14.1. The van der Waals surface area contributed by atoms with Crippen LogP contribution in [0.5, 0.6) is 0 Å². The van der Waals surface area contributed by atoms with Gasteiger partial charge in [0.05, 0.1) is 17.2 Å². The summed E-state index contributed by atoms with van der Waals surface area (Å²) in [4.78, 5) is 28.1. The SMILES string of the molecule is Cc1ccc(NC(=O)c2ccc(CN3CCS(=O)(=O)CC3)cc2)cc1Nc1nccc(-c2cccnc2)n1. The van der Waals surface area contributed by atoms with Crippen LogP contribution in [0.4, 0.5) is 17.3 Å². The topological polar surface area (TPSA) is 117 Å². The van der Waals surface area contributed by atoms with Gasteiger partial charge in [-0.05, 0) is 60.5 Å². The number of anilines is 3. The van der Waals surface area contributed by atoms with E-state index in [1.54, 1.807) is 30.7 Å². The van der Waals surface area contributed by atoms with Crippen molar-refractivity contribution in [3.05, 3.63) is 95.9 Å². The van der Waals surface area contributed by atoms with Gasteiger partial charge in [0.2, 0.25) is 5.95 Å². The number of pyridine rings is 1. The number of aromatic nitrogens is 3. The third kappa shape index (κ3) is 6.39. The molecular formula is C28H28N6O3S. The molecule has 5 rings (SSSR count). The Morgan fingerprint density at radius 3 is 2.53 bits per heavy atom. The minimum atomic E-state index is -2.90. The average molecular weight is 529 g/mol. The van der Waals surface area contributed by atoms with Crippen molar-refractivity contribution in [1.82, 2.24) is 19.9 Å². The van der Waals surface area contributed by atoms with E-state index in [9.17, 15) is 13.2 Å². The fraction of sp³-hybridized carbons (Fsp3) is 0.214. The highest BCUT2D eigenvalue weighted by Gasteiger charge is 2.21. The molecule has 38 heavy (non-hydrogen) atoms. The lowest BCUT2D eigenvalue weighted by molar-refractivity contribution is 0.102. The highest BCUT2D eigenvalue weighted by Crippen LogP contribution is 2.25. The van der Waals surface area contributed by atoms with Gasteiger partial charge >= 0.3 is 0 Å². The Bertz CT molecular complexity index is 1530. The van der Waals surface area contributed by atoms with Crippen molar-refractivity contribution in [1.29, 1.82) is 0 Å². The minimum absolute atomic E-state index is 0.197. The third-order valence-electron chi connectivity index (χ3n) is 6.41. The van der Waals surface area contributed by atoms with Crippen molar-refractivity contribution in [3.8, 4) is 11.3 Å². The maximum absolute atomic E-state index is 12.9. The molecule has 0 unspecified atom stereocenters. The van der Waals surface area contributed by atoms with Crippen LogP contribution < -0.4 is 10.6 Å². The molecule has 0 spiro atoms. The Morgan fingerprint density at radius 2 is 1.79 bits per heavy atom. The second-order valence-electron chi connectivity index (χ2n) is 9.24. The number of benzene rings is 2. The summed E-state index contributed by atoms with van der Waals surface area (Å²) in [7, 11) is -2.90. The number of hydrogen-bond acceptors (Lipinski definition) is 8. The molecular weight excluding hydrogens is 500 g/mol. The maximum Gasteiger partial charge on any atom is 0.255 e. The lowest BCUT2D eigenvalue weighted by atomic mass is 10.1. The first-order valence-electron chi connectivity index (χ1n) is 12.3. The Hall–Kier alpha value is -4.15. The van der Waals surface area contributed by atoms with E-state index in [0.29, 0.717) is 36.8 Å². The zero-order valence-corrected chi connectivity index (χ0v) is 21.8. The van der Waals surface area contributed by atoms with E-state index in [4.69, 9.17) is 0 Å². The van der Waals surface area contributed by atoms with E-state index in [0.717, 1.165) is 28.1 Å². The van der Waals surface area contributed by atoms with Crippen LogP contribution in [0.2, 0.25) is 0 Å². The van der Waals surface area contributed by atoms with Crippen LogP contribution in [-0.4, -0.2) is 58.8 Å². The zero-order valence-electron chi connectivity index (χ0n) is 21.0. The second-order valence-corrected chi connectivity index (χ2v) is 11.5. The molecule has 2 N–H and O–H groups in total. The fourth-order valence-electron chi connectivity index (χ4n) is 4.18. The standard InChI is InChI=1S/C28H28N6O3S/c1-20-4-9-24(17-26(20)33-28-30-12-10-25(32-28)23-3-2-11-29-18-23)31-27(35)22-7-5-21(6-8-22)19-34-13-15-38(36,37)16-14-34/h2-12,17-18H,13-16,19H2,1H3,(H,31,35)(H,30,32,33). The molecule has 3 heterocycles. The predicted octanol–water partition coefficient (Wildman–Crippen LogP) is 4.07. The number of aryl methyl sites for hydroxylation is 1. The molecule has 9 nitrogen and oxygen atoms in total. The van der Waals surface area contributed by atoms with E-state index < -0.39 is 9.84 Å². The molecule has 0 bridgehead atoms. The predicted molar refractivity (Wildman–Crippen MR) is 148 cm³/mol. The van der Waals surface area contributed by atoms with Crippen LogP contribution in [0.3, 0.4) is 0 Å². The average Bonchev–Trinajstić information content (AvgIpc) is 2.93. The molecule has 0 saturated carbocycles. The molecule has 1 fully saturated rings. The maximum atomic E-state index is 12.9. The quantitative estimate of drug-likeness (QED) is 0.369. The number of carbonyl (C=O) groups excluding carboxylic acids is 1. The Balaban J connectivity index is 1.23. The monoisotopic (exact) mass is 528 g/mol. The summed E-state index contributed by atoms with van der Waals surface area (Å²) in [5.74, 6) is 0.622. The number of nitrogens with zero attached hydrogens (tertiary/aromatic N) is 4. The van der Waals surface area contributed by atoms with Gasteiger partial charge in [0, 0.05) is 60.7 Å². The van der Waals surface area contributed by atoms with Gasteiger partial charge in [-0.1, -0.05) is 18.2 Å². The second kappa shape index (κ2) is 11.1. The van der Waals surface area contributed by atoms with Crippen LogP contribution >= 0.6 is 0 Å². The third-order valence-corrected chi connectivity index (χ3v) is 8.02. The highest BCUT2D eigenvalue weighted by atomic mass is 32.2. The molecule has 194 valence electrons. The number of rotatable bonds is 7. The number of hydrogen-bond donors (Lipinski definition) is 2.